The van der Waals surface area contributed by atoms with Gasteiger partial charge in [-0.15, -0.1) is 0 Å². The van der Waals surface area contributed by atoms with Crippen LogP contribution < -0.4 is 0 Å². The van der Waals surface area contributed by atoms with Gasteiger partial charge in [0, 0.05) is 50.1 Å². The topological polar surface area (TPSA) is 77.0 Å². The Morgan fingerprint density at radius 1 is 1.38 bits per heavy atom. The maximum Gasteiger partial charge on any atom is 0.417 e. The summed E-state index contributed by atoms with van der Waals surface area (Å²) in [6.45, 7) is 2.83. The van der Waals surface area contributed by atoms with E-state index in [1.54, 1.807) is 28.0 Å². The number of fused-ring (bicyclic) bond motifs is 1. The van der Waals surface area contributed by atoms with Crippen molar-refractivity contribution in [3.8, 4) is 0 Å². The number of aromatic nitrogens is 4. The minimum absolute atomic E-state index is 0.0528. The lowest BCUT2D eigenvalue weighted by molar-refractivity contribution is -0.136. The lowest BCUT2D eigenvalue weighted by atomic mass is 9.91. The zero-order valence-corrected chi connectivity index (χ0v) is 15.8. The van der Waals surface area contributed by atoms with Crippen LogP contribution in [0.25, 0.3) is 11.1 Å². The van der Waals surface area contributed by atoms with E-state index in [9.17, 15) is 18.0 Å². The maximum absolute atomic E-state index is 13.6. The Kier molecular flexibility index (Phi) is 5.01. The third-order valence-corrected chi connectivity index (χ3v) is 5.18. The summed E-state index contributed by atoms with van der Waals surface area (Å²) in [4.78, 5) is 18.3. The molecule has 0 aromatic carbocycles. The number of hydrogen-bond acceptors (Lipinski definition) is 5. The van der Waals surface area contributed by atoms with Gasteiger partial charge in [-0.05, 0) is 31.9 Å². The van der Waals surface area contributed by atoms with Crippen molar-refractivity contribution < 1.29 is 22.5 Å². The summed E-state index contributed by atoms with van der Waals surface area (Å²) in [6.07, 6.45) is 0.484. The van der Waals surface area contributed by atoms with E-state index < -0.39 is 11.7 Å². The lowest BCUT2D eigenvalue weighted by Crippen LogP contribution is -2.39. The van der Waals surface area contributed by atoms with E-state index in [-0.39, 0.29) is 40.7 Å². The number of rotatable bonds is 4. The van der Waals surface area contributed by atoms with Crippen LogP contribution in [0.3, 0.4) is 0 Å². The van der Waals surface area contributed by atoms with Gasteiger partial charge in [0.2, 0.25) is 5.91 Å². The summed E-state index contributed by atoms with van der Waals surface area (Å²) in [5.74, 6) is -0.382. The number of nitrogens with zero attached hydrogens (tertiary/aromatic N) is 5. The van der Waals surface area contributed by atoms with Gasteiger partial charge >= 0.3 is 6.18 Å². The molecular weight excluding hydrogens is 387 g/mol. The van der Waals surface area contributed by atoms with Gasteiger partial charge in [-0.25, -0.2) is 4.98 Å². The van der Waals surface area contributed by atoms with Crippen LogP contribution >= 0.6 is 0 Å². The Balaban J connectivity index is 1.57. The molecule has 0 bridgehead atoms. The molecule has 1 atom stereocenters. The Labute approximate surface area is 164 Å². The van der Waals surface area contributed by atoms with Gasteiger partial charge in [0.1, 0.15) is 0 Å². The molecule has 4 rings (SSSR count). The Bertz CT molecular complexity index is 1010. The summed E-state index contributed by atoms with van der Waals surface area (Å²) in [5.41, 5.74) is -0.469. The average molecular weight is 407 g/mol. The molecular formula is C19H20F3N5O2. The van der Waals surface area contributed by atoms with Crippen molar-refractivity contribution in [1.29, 1.82) is 0 Å². The first-order chi connectivity index (χ1) is 13.8. The highest BCUT2D eigenvalue weighted by Gasteiger charge is 2.38. The number of hydrogen-bond donors (Lipinski definition) is 0. The van der Waals surface area contributed by atoms with E-state index in [0.29, 0.717) is 32.5 Å². The molecule has 3 aromatic heterocycles. The number of carbonyl (C=O) groups is 1. The van der Waals surface area contributed by atoms with Crippen LogP contribution in [-0.2, 0) is 17.5 Å². The summed E-state index contributed by atoms with van der Waals surface area (Å²) in [7, 11) is 0. The quantitative estimate of drug-likeness (QED) is 0.661. The summed E-state index contributed by atoms with van der Waals surface area (Å²) in [6, 6.07) is 2.80. The molecule has 7 nitrogen and oxygen atoms in total. The van der Waals surface area contributed by atoms with Gasteiger partial charge in [0.05, 0.1) is 16.6 Å². The molecule has 4 heterocycles. The number of carbonyl (C=O) groups excluding carboxylic acids is 1. The molecule has 3 aromatic rings. The molecule has 29 heavy (non-hydrogen) atoms. The zero-order chi connectivity index (χ0) is 20.6. The van der Waals surface area contributed by atoms with E-state index in [1.165, 1.54) is 6.92 Å². The van der Waals surface area contributed by atoms with E-state index >= 15 is 0 Å². The number of pyridine rings is 1. The second kappa shape index (κ2) is 7.49. The average Bonchev–Trinajstić information content (AvgIpc) is 3.34. The van der Waals surface area contributed by atoms with E-state index in [2.05, 4.69) is 15.2 Å². The Hall–Kier alpha value is -2.91. The van der Waals surface area contributed by atoms with Crippen LogP contribution in [0.2, 0.25) is 0 Å². The number of halogens is 3. The molecule has 0 radical (unpaired) electrons. The van der Waals surface area contributed by atoms with E-state index in [0.717, 1.165) is 6.07 Å². The first-order valence-corrected chi connectivity index (χ1v) is 9.42. The molecule has 1 aliphatic rings. The Morgan fingerprint density at radius 2 is 2.21 bits per heavy atom. The lowest BCUT2D eigenvalue weighted by Gasteiger charge is -2.32. The molecule has 10 heteroatoms. The van der Waals surface area contributed by atoms with Crippen molar-refractivity contribution in [1.82, 2.24) is 24.8 Å². The van der Waals surface area contributed by atoms with E-state index in [4.69, 9.17) is 4.52 Å². The fourth-order valence-corrected chi connectivity index (χ4v) is 3.83. The van der Waals surface area contributed by atoms with Crippen molar-refractivity contribution in [3.63, 3.8) is 0 Å². The second-order valence-electron chi connectivity index (χ2n) is 7.25. The fourth-order valence-electron chi connectivity index (χ4n) is 3.83. The van der Waals surface area contributed by atoms with Crippen LogP contribution in [0.15, 0.2) is 29.0 Å². The van der Waals surface area contributed by atoms with Crippen molar-refractivity contribution in [3.05, 3.63) is 41.5 Å². The van der Waals surface area contributed by atoms with Gasteiger partial charge in [0.25, 0.3) is 5.71 Å². The summed E-state index contributed by atoms with van der Waals surface area (Å²) < 4.78 is 47.6. The standard InChI is InChI=1S/C19H20F3N5O2/c1-12-10-14(19(20,21)22)16-17(25-29-18(16)24-12)13-4-2-7-26(11-13)15(28)5-9-27-8-3-6-23-27/h3,6,8,10,13H,2,4-5,7,9,11H2,1H3/t13-/m0/s1. The highest BCUT2D eigenvalue weighted by Crippen LogP contribution is 2.40. The van der Waals surface area contributed by atoms with Crippen molar-refractivity contribution >= 4 is 17.0 Å². The zero-order valence-electron chi connectivity index (χ0n) is 15.8. The Morgan fingerprint density at radius 3 is 2.93 bits per heavy atom. The van der Waals surface area contributed by atoms with Gasteiger partial charge < -0.3 is 9.42 Å². The van der Waals surface area contributed by atoms with Crippen molar-refractivity contribution in [2.24, 2.45) is 0 Å². The maximum atomic E-state index is 13.6. The van der Waals surface area contributed by atoms with Crippen LogP contribution in [0.5, 0.6) is 0 Å². The first kappa shape index (κ1) is 19.4. The second-order valence-corrected chi connectivity index (χ2v) is 7.25. The third-order valence-electron chi connectivity index (χ3n) is 5.18. The van der Waals surface area contributed by atoms with Gasteiger partial charge in [-0.2, -0.15) is 18.3 Å². The number of amides is 1. The molecule has 1 amide bonds. The van der Waals surface area contributed by atoms with Crippen molar-refractivity contribution in [2.45, 2.75) is 44.8 Å². The van der Waals surface area contributed by atoms with Crippen LogP contribution in [0, 0.1) is 6.92 Å². The third kappa shape index (κ3) is 3.96. The largest absolute Gasteiger partial charge is 0.417 e. The minimum Gasteiger partial charge on any atom is -0.342 e. The molecule has 0 unspecified atom stereocenters. The summed E-state index contributed by atoms with van der Waals surface area (Å²) in [5, 5.41) is 7.90. The molecule has 1 saturated heterocycles. The van der Waals surface area contributed by atoms with Gasteiger partial charge in [-0.3, -0.25) is 9.48 Å². The molecule has 1 fully saturated rings. The number of piperidine rings is 1. The van der Waals surface area contributed by atoms with Crippen LogP contribution in [-0.4, -0.2) is 43.8 Å². The molecule has 0 saturated carbocycles. The van der Waals surface area contributed by atoms with Crippen LogP contribution in [0.1, 0.15) is 42.1 Å². The van der Waals surface area contributed by atoms with Crippen LogP contribution in [0.4, 0.5) is 13.2 Å². The highest BCUT2D eigenvalue weighted by atomic mass is 19.4. The van der Waals surface area contributed by atoms with Gasteiger partial charge in [0.15, 0.2) is 0 Å². The fraction of sp³-hybridized carbons (Fsp3) is 0.474. The van der Waals surface area contributed by atoms with Crippen molar-refractivity contribution in [2.75, 3.05) is 13.1 Å². The molecule has 1 aliphatic heterocycles. The predicted molar refractivity (Wildman–Crippen MR) is 96.9 cm³/mol. The number of likely N-dealkylation sites (tertiary alicyclic amines) is 1. The summed E-state index contributed by atoms with van der Waals surface area (Å²) >= 11 is 0. The minimum atomic E-state index is -4.54. The first-order valence-electron chi connectivity index (χ1n) is 9.42. The van der Waals surface area contributed by atoms with Gasteiger partial charge in [-0.1, -0.05) is 5.16 Å². The molecule has 0 N–H and O–H groups in total. The molecule has 154 valence electrons. The molecule has 0 aliphatic carbocycles. The van der Waals surface area contributed by atoms with E-state index in [1.807, 2.05) is 0 Å². The molecule has 0 spiro atoms. The monoisotopic (exact) mass is 407 g/mol. The SMILES string of the molecule is Cc1cc(C(F)(F)F)c2c([C@H]3CCCN(C(=O)CCn4cccn4)C3)noc2n1. The highest BCUT2D eigenvalue weighted by molar-refractivity contribution is 5.82. The number of alkyl halides is 3. The predicted octanol–water partition coefficient (Wildman–Crippen LogP) is 3.54. The normalized spacial score (nSPS) is 17.8. The number of aryl methyl sites for hydroxylation is 2. The smallest absolute Gasteiger partial charge is 0.342 e.